The van der Waals surface area contributed by atoms with Gasteiger partial charge in [0.15, 0.2) is 40.3 Å². The normalized spacial score (nSPS) is 21.4. The maximum Gasteiger partial charge on any atom is 0.287 e. The average molecular weight is 1650 g/mol. The largest absolute Gasteiger partial charge is 0.451 e. The highest BCUT2D eigenvalue weighted by atomic mass is 16.4. The first-order chi connectivity index (χ1) is 59.2. The molecule has 0 bridgehead atoms. The summed E-state index contributed by atoms with van der Waals surface area (Å²) in [6, 6.07) is 37.7. The fraction of sp³-hybridized carbons (Fsp3) is 0.453. The molecule has 4 atom stereocenters. The summed E-state index contributed by atoms with van der Waals surface area (Å²) in [4.78, 5) is 118. The van der Waals surface area contributed by atoms with Gasteiger partial charge in [-0.15, -0.1) is 0 Å². The third-order valence-electron chi connectivity index (χ3n) is 28.6. The number of piperidine rings is 4. The number of para-hydroxylation sites is 4. The molecule has 9 fully saturated rings. The first kappa shape index (κ1) is 79.6. The second kappa shape index (κ2) is 32.3. The number of furan rings is 4. The van der Waals surface area contributed by atoms with Crippen LogP contribution in [0.15, 0.2) is 166 Å². The third kappa shape index (κ3) is 16.2. The van der Waals surface area contributed by atoms with Crippen LogP contribution in [0.1, 0.15) is 198 Å². The number of hydrogen-bond acceptors (Lipinski definition) is 17. The number of nitrogens with one attached hydrogen (secondary N) is 5. The number of aromatic amines is 1. The van der Waals surface area contributed by atoms with Gasteiger partial charge in [-0.2, -0.15) is 10.2 Å². The summed E-state index contributed by atoms with van der Waals surface area (Å²) in [5, 5.41) is 27.6. The van der Waals surface area contributed by atoms with Crippen molar-refractivity contribution in [3.8, 4) is 0 Å². The number of aryl methyl sites for hydroxylation is 5. The number of oxazole rings is 1. The summed E-state index contributed by atoms with van der Waals surface area (Å²) >= 11 is 0. The number of carbonyl (C=O) groups is 8. The zero-order valence-electron chi connectivity index (χ0n) is 69.6. The van der Waals surface area contributed by atoms with Gasteiger partial charge in [0.25, 0.3) is 47.3 Å². The third-order valence-corrected chi connectivity index (χ3v) is 28.6. The Kier molecular flexibility index (Phi) is 21.1. The number of aromatic nitrogens is 5. The van der Waals surface area contributed by atoms with E-state index in [4.69, 9.17) is 22.1 Å². The Morgan fingerprint density at radius 2 is 0.828 bits per heavy atom. The molecular formula is C95H104N14O13. The predicted octanol–water partition coefficient (Wildman–Crippen LogP) is 13.8. The number of carbonyl (C=O) groups excluding carboxylic acids is 8. The van der Waals surface area contributed by atoms with E-state index in [-0.39, 0.29) is 68.9 Å². The number of fused-ring (bicyclic) bond motifs is 5. The Bertz CT molecular complexity index is 5650. The maximum absolute atomic E-state index is 13.0. The van der Waals surface area contributed by atoms with Crippen LogP contribution in [-0.4, -0.2) is 183 Å². The van der Waals surface area contributed by atoms with Crippen LogP contribution in [0.5, 0.6) is 0 Å². The molecular weight excluding hydrogens is 1550 g/mol. The fourth-order valence-electron chi connectivity index (χ4n) is 20.5. The summed E-state index contributed by atoms with van der Waals surface area (Å²) in [7, 11) is 1.84. The quantitative estimate of drug-likeness (QED) is 0.0565. The van der Waals surface area contributed by atoms with Crippen molar-refractivity contribution in [2.24, 2.45) is 63.3 Å². The molecule has 7 aromatic heterocycles. The van der Waals surface area contributed by atoms with Gasteiger partial charge in [-0.1, -0.05) is 72.8 Å². The molecule has 4 spiro atoms. The van der Waals surface area contributed by atoms with E-state index in [2.05, 4.69) is 46.5 Å². The average Bonchev–Trinajstić information content (AvgIpc) is 1.59. The van der Waals surface area contributed by atoms with Crippen LogP contribution in [0, 0.1) is 72.0 Å². The second-order valence-corrected chi connectivity index (χ2v) is 36.1. The van der Waals surface area contributed by atoms with Crippen molar-refractivity contribution >= 4 is 96.8 Å². The number of rotatable bonds is 17. The van der Waals surface area contributed by atoms with Crippen LogP contribution >= 0.6 is 0 Å². The van der Waals surface area contributed by atoms with Crippen molar-refractivity contribution in [1.82, 2.24) is 65.8 Å². The summed E-state index contributed by atoms with van der Waals surface area (Å²) in [6.07, 6.45) is 21.6. The molecule has 4 saturated heterocycles. The second-order valence-electron chi connectivity index (χ2n) is 36.1. The number of hydrogen-bond donors (Lipinski definition) is 5. The maximum atomic E-state index is 13.0. The summed E-state index contributed by atoms with van der Waals surface area (Å²) < 4.78 is 29.7. The molecule has 22 rings (SSSR count). The van der Waals surface area contributed by atoms with E-state index in [0.717, 1.165) is 221 Å². The highest BCUT2D eigenvalue weighted by molar-refractivity contribution is 6.24. The first-order valence-corrected chi connectivity index (χ1v) is 43.7. The van der Waals surface area contributed by atoms with Crippen molar-refractivity contribution in [2.75, 3.05) is 85.1 Å². The molecule has 11 aromatic rings. The Morgan fingerprint density at radius 1 is 0.459 bits per heavy atom. The van der Waals surface area contributed by atoms with Gasteiger partial charge in [0, 0.05) is 137 Å². The van der Waals surface area contributed by atoms with Crippen LogP contribution in [0.25, 0.3) is 43.9 Å². The number of H-pyrrole nitrogens is 1. The van der Waals surface area contributed by atoms with Crippen molar-refractivity contribution in [3.05, 3.63) is 208 Å². The summed E-state index contributed by atoms with van der Waals surface area (Å²) in [5.74, 6) is 4.62. The molecule has 4 unspecified atom stereocenters. The van der Waals surface area contributed by atoms with E-state index in [9.17, 15) is 38.4 Å². The van der Waals surface area contributed by atoms with Gasteiger partial charge in [0.05, 0.1) is 29.1 Å². The highest BCUT2D eigenvalue weighted by Gasteiger charge is 2.59. The van der Waals surface area contributed by atoms with Crippen molar-refractivity contribution in [3.63, 3.8) is 0 Å². The molecule has 0 radical (unpaired) electrons. The lowest BCUT2D eigenvalue weighted by Crippen LogP contribution is -2.41. The predicted molar refractivity (Wildman–Crippen MR) is 455 cm³/mol. The molecule has 5 saturated carbocycles. The van der Waals surface area contributed by atoms with Gasteiger partial charge in [0.2, 0.25) is 0 Å². The Morgan fingerprint density at radius 3 is 1.18 bits per heavy atom. The Labute approximate surface area is 705 Å². The molecule has 6 aliphatic carbocycles. The zero-order chi connectivity index (χ0) is 83.8. The van der Waals surface area contributed by atoms with Gasteiger partial charge >= 0.3 is 0 Å². The smallest absolute Gasteiger partial charge is 0.287 e. The van der Waals surface area contributed by atoms with Crippen LogP contribution in [-0.2, 0) is 24.7 Å². The molecule has 8 amide bonds. The summed E-state index contributed by atoms with van der Waals surface area (Å²) in [5.41, 5.74) is 10.7. The van der Waals surface area contributed by atoms with Gasteiger partial charge in [-0.3, -0.25) is 53.1 Å². The highest BCUT2D eigenvalue weighted by Crippen LogP contribution is 2.62. The minimum atomic E-state index is -0.169. The molecule has 27 heteroatoms. The molecule has 632 valence electrons. The molecule has 5 N–H and O–H groups in total. The number of aliphatic imine (C=N–C) groups is 1. The molecule has 27 nitrogen and oxygen atoms in total. The van der Waals surface area contributed by atoms with E-state index in [0.29, 0.717) is 114 Å². The van der Waals surface area contributed by atoms with Crippen molar-refractivity contribution < 1.29 is 60.4 Å². The van der Waals surface area contributed by atoms with E-state index in [1.807, 2.05) is 137 Å². The van der Waals surface area contributed by atoms with Gasteiger partial charge in [-0.05, 0) is 223 Å². The SMILES string of the molecule is Cc1nc(C(=O)N2CCC3(CC2)CC3CNC(=O)c2cc3ccccc3o2)c(C)o1.Cc1nn(C)cc1C(=O)N1CCC2(CC1)CC2CNC(=O)c1cc2ccccc2o1.O=C(NCC1CC12CCN(C(=O)C1=CCN=C1C1CC1)CC2)c1cc2ccccc2o1.O=C(NCC1CC12CCN(C(=O)c1n[nH]c3c1CCC3)CC2)c1cc2ccccc2o1. The van der Waals surface area contributed by atoms with Gasteiger partial charge in [0.1, 0.15) is 28.1 Å². The fourth-order valence-corrected chi connectivity index (χ4v) is 20.5. The zero-order valence-corrected chi connectivity index (χ0v) is 69.6. The standard InChI is InChI=1S/C25H27N3O3.C24H26N4O3.C23H26N4O3.C23H25N3O4/c29-23(21-13-17-3-1-2-4-20(17)31-21)27-15-18-14-25(18)8-11-28(12-9-25)24(30)19-7-10-26-22(19)16-5-6-16;29-22(20-12-15-4-1-2-7-19(15)31-20)25-14-16-13-24(16)8-10-28(11-9-24)23(30)21-17-5-3-6-18(17)26-27-21;1-15-18(14-26(2)25-15)22(29)27-9-7-23(8-10-27)12-17(23)13-24-21(28)20-11-16-5-3-4-6-19(16)30-20;1-14-20(25-15(2)29-14)22(28)26-9-7-23(8-10-26)12-17(23)13-24-21(27)19-11-16-5-3-4-6-18(16)30-19/h1-4,7,13,16,18H,5-6,8-12,14-15H2,(H,27,29);1-2,4,7,12,16H,3,5-6,8-11,13-14H2,(H,25,29)(H,26,27);3-6,11,14,17H,7-10,12-13H2,1-2H3,(H,24,28);3-6,11,17H,7-10,12-13H2,1-2H3,(H,24,27). The summed E-state index contributed by atoms with van der Waals surface area (Å²) in [6.45, 7) is 14.8. The molecule has 122 heavy (non-hydrogen) atoms. The van der Waals surface area contributed by atoms with Crippen LogP contribution in [0.4, 0.5) is 0 Å². The minimum Gasteiger partial charge on any atom is -0.451 e. The van der Waals surface area contributed by atoms with Crippen molar-refractivity contribution in [1.29, 1.82) is 0 Å². The minimum absolute atomic E-state index is 0.0467. The van der Waals surface area contributed by atoms with E-state index < -0.39 is 0 Å². The van der Waals surface area contributed by atoms with Crippen LogP contribution < -0.4 is 21.3 Å². The first-order valence-electron chi connectivity index (χ1n) is 43.7. The van der Waals surface area contributed by atoms with E-state index in [1.54, 1.807) is 49.0 Å². The molecule has 12 heterocycles. The number of amides is 8. The van der Waals surface area contributed by atoms with Crippen LogP contribution in [0.3, 0.4) is 0 Å². The van der Waals surface area contributed by atoms with Gasteiger partial charge < -0.3 is 63.0 Å². The lowest BCUT2D eigenvalue weighted by atomic mass is 9.90. The molecule has 4 aromatic carbocycles. The molecule has 11 aliphatic rings. The Hall–Kier alpha value is -12.2. The number of likely N-dealkylation sites (tertiary alicyclic amines) is 4. The lowest BCUT2D eigenvalue weighted by molar-refractivity contribution is -0.128. The van der Waals surface area contributed by atoms with Crippen molar-refractivity contribution in [2.45, 2.75) is 130 Å². The molecule has 5 aliphatic heterocycles. The van der Waals surface area contributed by atoms with Crippen LogP contribution in [0.2, 0.25) is 0 Å². The monoisotopic (exact) mass is 1650 g/mol. The Balaban J connectivity index is 0.000000107. The lowest BCUT2D eigenvalue weighted by Gasteiger charge is -2.33. The number of nitrogens with zero attached hydrogens (tertiary/aromatic N) is 9. The van der Waals surface area contributed by atoms with E-state index >= 15 is 0 Å². The van der Waals surface area contributed by atoms with E-state index in [1.165, 1.54) is 12.8 Å². The van der Waals surface area contributed by atoms with Gasteiger partial charge in [-0.25, -0.2) is 4.98 Å². The number of benzene rings is 4. The topological polar surface area (TPSA) is 335 Å².